The Hall–Kier alpha value is -1.98. The van der Waals surface area contributed by atoms with Crippen LogP contribution in [0.3, 0.4) is 0 Å². The SMILES string of the molecule is CCC1(C)c2ccc(C(F)(F)F)cc2-c2cc(C(F)(F)F)ccc21. The molecule has 24 heavy (non-hydrogen) atoms. The molecule has 0 nitrogen and oxygen atoms in total. The number of rotatable bonds is 1. The maximum absolute atomic E-state index is 13.0. The molecule has 6 heteroatoms. The van der Waals surface area contributed by atoms with Crippen LogP contribution in [-0.4, -0.2) is 0 Å². The molecule has 0 saturated heterocycles. The highest BCUT2D eigenvalue weighted by molar-refractivity contribution is 5.82. The molecule has 2 aromatic carbocycles. The van der Waals surface area contributed by atoms with E-state index in [9.17, 15) is 26.3 Å². The minimum Gasteiger partial charge on any atom is -0.166 e. The van der Waals surface area contributed by atoms with E-state index in [1.54, 1.807) is 0 Å². The fraction of sp³-hybridized carbons (Fsp3) is 0.333. The first-order valence-electron chi connectivity index (χ1n) is 7.42. The van der Waals surface area contributed by atoms with Crippen molar-refractivity contribution >= 4 is 0 Å². The van der Waals surface area contributed by atoms with Crippen LogP contribution in [0.4, 0.5) is 26.3 Å². The van der Waals surface area contributed by atoms with Crippen LogP contribution in [0.5, 0.6) is 0 Å². The van der Waals surface area contributed by atoms with Crippen LogP contribution >= 0.6 is 0 Å². The molecule has 1 aliphatic carbocycles. The van der Waals surface area contributed by atoms with Gasteiger partial charge < -0.3 is 0 Å². The smallest absolute Gasteiger partial charge is 0.166 e. The summed E-state index contributed by atoms with van der Waals surface area (Å²) in [5, 5.41) is 0. The average molecular weight is 344 g/mol. The van der Waals surface area contributed by atoms with Crippen molar-refractivity contribution in [1.29, 1.82) is 0 Å². The maximum atomic E-state index is 13.0. The van der Waals surface area contributed by atoms with Crippen molar-refractivity contribution in [2.75, 3.05) is 0 Å². The molecule has 0 saturated carbocycles. The molecule has 0 aromatic heterocycles. The Kier molecular flexibility index (Phi) is 3.52. The van der Waals surface area contributed by atoms with E-state index < -0.39 is 28.9 Å². The van der Waals surface area contributed by atoms with Gasteiger partial charge in [-0.1, -0.05) is 26.0 Å². The first-order valence-corrected chi connectivity index (χ1v) is 7.42. The van der Waals surface area contributed by atoms with E-state index in [4.69, 9.17) is 0 Å². The topological polar surface area (TPSA) is 0 Å². The molecule has 0 bridgehead atoms. The average Bonchev–Trinajstić information content (AvgIpc) is 2.75. The lowest BCUT2D eigenvalue weighted by molar-refractivity contribution is -0.138. The summed E-state index contributed by atoms with van der Waals surface area (Å²) in [7, 11) is 0. The summed E-state index contributed by atoms with van der Waals surface area (Å²) in [5.41, 5.74) is -0.584. The predicted octanol–water partition coefficient (Wildman–Crippen LogP) is 6.42. The number of fused-ring (bicyclic) bond motifs is 3. The largest absolute Gasteiger partial charge is 0.416 e. The van der Waals surface area contributed by atoms with Crippen LogP contribution < -0.4 is 0 Å². The number of alkyl halides is 6. The summed E-state index contributed by atoms with van der Waals surface area (Å²) in [6.45, 7) is 3.71. The van der Waals surface area contributed by atoms with Crippen LogP contribution in [0.15, 0.2) is 36.4 Å². The molecule has 0 amide bonds. The Morgan fingerprint density at radius 1 is 0.750 bits per heavy atom. The lowest BCUT2D eigenvalue weighted by atomic mass is 9.78. The van der Waals surface area contributed by atoms with Gasteiger partial charge in [-0.2, -0.15) is 26.3 Å². The van der Waals surface area contributed by atoms with Crippen molar-refractivity contribution < 1.29 is 26.3 Å². The second-order valence-corrected chi connectivity index (χ2v) is 6.20. The Bertz CT molecular complexity index is 735. The maximum Gasteiger partial charge on any atom is 0.416 e. The molecular formula is C18H14F6. The van der Waals surface area contributed by atoms with Gasteiger partial charge >= 0.3 is 12.4 Å². The molecule has 0 aliphatic heterocycles. The van der Waals surface area contributed by atoms with Gasteiger partial charge in [0.15, 0.2) is 0 Å². The molecule has 0 atom stereocenters. The minimum atomic E-state index is -4.54. The van der Waals surface area contributed by atoms with Crippen LogP contribution in [-0.2, 0) is 17.8 Å². The fourth-order valence-corrected chi connectivity index (χ4v) is 3.38. The molecule has 128 valence electrons. The Morgan fingerprint density at radius 3 is 1.42 bits per heavy atom. The Labute approximate surface area is 135 Å². The highest BCUT2D eigenvalue weighted by atomic mass is 19.4. The lowest BCUT2D eigenvalue weighted by Gasteiger charge is -2.26. The third-order valence-electron chi connectivity index (χ3n) is 4.88. The summed E-state index contributed by atoms with van der Waals surface area (Å²) in [4.78, 5) is 0. The van der Waals surface area contributed by atoms with Crippen LogP contribution in [0.25, 0.3) is 11.1 Å². The monoisotopic (exact) mass is 344 g/mol. The van der Waals surface area contributed by atoms with E-state index in [2.05, 4.69) is 0 Å². The molecule has 1 aliphatic rings. The third-order valence-corrected chi connectivity index (χ3v) is 4.88. The first-order chi connectivity index (χ1) is 11.0. The van der Waals surface area contributed by atoms with E-state index in [0.717, 1.165) is 24.3 Å². The van der Waals surface area contributed by atoms with Gasteiger partial charge in [0.05, 0.1) is 11.1 Å². The van der Waals surface area contributed by atoms with Crippen molar-refractivity contribution in [3.8, 4) is 11.1 Å². The van der Waals surface area contributed by atoms with Crippen molar-refractivity contribution in [3.05, 3.63) is 58.7 Å². The zero-order valence-electron chi connectivity index (χ0n) is 12.9. The third kappa shape index (κ3) is 2.39. The molecule has 0 N–H and O–H groups in total. The fourth-order valence-electron chi connectivity index (χ4n) is 3.38. The lowest BCUT2D eigenvalue weighted by Crippen LogP contribution is -2.19. The standard InChI is InChI=1S/C18H14F6/c1-3-16(2)14-6-4-10(17(19,20)21)8-12(14)13-9-11(18(22,23)24)5-7-15(13)16/h4-9H,3H2,1-2H3. The normalized spacial score (nSPS) is 16.0. The highest BCUT2D eigenvalue weighted by Gasteiger charge is 2.42. The van der Waals surface area contributed by atoms with Crippen molar-refractivity contribution in [1.82, 2.24) is 0 Å². The van der Waals surface area contributed by atoms with Gasteiger partial charge in [0, 0.05) is 5.41 Å². The van der Waals surface area contributed by atoms with E-state index in [1.165, 1.54) is 12.1 Å². The summed E-state index contributed by atoms with van der Waals surface area (Å²) >= 11 is 0. The Balaban J connectivity index is 2.30. The van der Waals surface area contributed by atoms with Crippen molar-refractivity contribution in [3.63, 3.8) is 0 Å². The number of halogens is 6. The van der Waals surface area contributed by atoms with Crippen LogP contribution in [0.1, 0.15) is 42.5 Å². The zero-order chi connectivity index (χ0) is 17.9. The number of benzene rings is 2. The summed E-state index contributed by atoms with van der Waals surface area (Å²) in [6, 6.07) is 6.65. The number of hydrogen-bond donors (Lipinski definition) is 0. The minimum absolute atomic E-state index is 0.232. The quantitative estimate of drug-likeness (QED) is 0.524. The van der Waals surface area contributed by atoms with Gasteiger partial charge in [-0.15, -0.1) is 0 Å². The van der Waals surface area contributed by atoms with E-state index in [0.29, 0.717) is 17.5 Å². The van der Waals surface area contributed by atoms with Gasteiger partial charge in [0.25, 0.3) is 0 Å². The summed E-state index contributed by atoms with van der Waals surface area (Å²) < 4.78 is 78.0. The van der Waals surface area contributed by atoms with Crippen LogP contribution in [0, 0.1) is 0 Å². The first kappa shape index (κ1) is 16.9. The molecule has 0 fully saturated rings. The molecule has 0 unspecified atom stereocenters. The predicted molar refractivity (Wildman–Crippen MR) is 78.6 cm³/mol. The second kappa shape index (κ2) is 5.01. The van der Waals surface area contributed by atoms with Gasteiger partial charge in [-0.3, -0.25) is 0 Å². The molecule has 2 aromatic rings. The van der Waals surface area contributed by atoms with Gasteiger partial charge in [-0.05, 0) is 52.9 Å². The Morgan fingerprint density at radius 2 is 1.12 bits per heavy atom. The molecule has 0 heterocycles. The zero-order valence-corrected chi connectivity index (χ0v) is 12.9. The molecule has 0 radical (unpaired) electrons. The highest BCUT2D eigenvalue weighted by Crippen LogP contribution is 2.52. The molecular weight excluding hydrogens is 330 g/mol. The van der Waals surface area contributed by atoms with Gasteiger partial charge in [0.2, 0.25) is 0 Å². The van der Waals surface area contributed by atoms with Gasteiger partial charge in [-0.25, -0.2) is 0 Å². The van der Waals surface area contributed by atoms with Crippen LogP contribution in [0.2, 0.25) is 0 Å². The second-order valence-electron chi connectivity index (χ2n) is 6.20. The van der Waals surface area contributed by atoms with Crippen molar-refractivity contribution in [2.45, 2.75) is 38.0 Å². The van der Waals surface area contributed by atoms with E-state index >= 15 is 0 Å². The molecule has 0 spiro atoms. The van der Waals surface area contributed by atoms with Gasteiger partial charge in [0.1, 0.15) is 0 Å². The molecule has 3 rings (SSSR count). The van der Waals surface area contributed by atoms with E-state index in [-0.39, 0.29) is 11.1 Å². The van der Waals surface area contributed by atoms with E-state index in [1.807, 2.05) is 13.8 Å². The number of hydrogen-bond acceptors (Lipinski definition) is 0. The van der Waals surface area contributed by atoms with Crippen molar-refractivity contribution in [2.24, 2.45) is 0 Å². The summed E-state index contributed by atoms with van der Waals surface area (Å²) in [5.74, 6) is 0. The summed E-state index contributed by atoms with van der Waals surface area (Å²) in [6.07, 6.45) is -8.51.